The first-order valence-corrected chi connectivity index (χ1v) is 27.7. The molecule has 1 aromatic carbocycles. The van der Waals surface area contributed by atoms with Crippen LogP contribution in [0, 0.1) is 34.5 Å². The third kappa shape index (κ3) is 7.83. The van der Waals surface area contributed by atoms with E-state index >= 15 is 0 Å². The molecule has 8 aliphatic rings. The second-order valence-corrected chi connectivity index (χ2v) is 24.7. The van der Waals surface area contributed by atoms with E-state index in [0.717, 1.165) is 77.0 Å². The van der Waals surface area contributed by atoms with Crippen LogP contribution in [0.2, 0.25) is 0 Å². The molecule has 8 N–H and O–H groups in total. The Kier molecular flexibility index (Phi) is 13.4. The number of hydrogen-bond donors (Lipinski definition) is 8. The third-order valence-electron chi connectivity index (χ3n) is 18.5. The molecule has 16 heteroatoms. The highest BCUT2D eigenvalue weighted by atomic mass is 33.1. The molecule has 0 radical (unpaired) electrons. The molecule has 2 aromatic rings. The van der Waals surface area contributed by atoms with Gasteiger partial charge in [-0.2, -0.15) is 0 Å². The molecule has 6 fully saturated rings. The van der Waals surface area contributed by atoms with E-state index in [4.69, 9.17) is 23.4 Å². The standard InChI is InChI=1S/C51H73NO13S2/c1-3-61-38(56)14-11-31-25-32-15-23-62-40(32)42-41(31)64-45-51(60)39-33(10-12-35(54)34(39)27-53)26-49(59,44(51)58)50(65-45)29-66-67-48(21-20-47(28-48)19-18-46(43(47)57)16-4-5-17-46)36(52-22-24-63-42)13-9-30(2)7-6-8-37(50)55/h10,12,15,23,25,30,33-37,39,43-45,52-55,57-60H,3-9,11,13-14,16-22,24,26-29H2,1-2H3. The van der Waals surface area contributed by atoms with Crippen molar-refractivity contribution in [2.75, 3.05) is 32.1 Å². The highest BCUT2D eigenvalue weighted by Crippen LogP contribution is 2.69. The minimum atomic E-state index is -2.47. The lowest BCUT2D eigenvalue weighted by atomic mass is 9.50. The number of aryl methyl sites for hydroxylation is 1. The Morgan fingerprint density at radius 2 is 1.73 bits per heavy atom. The maximum Gasteiger partial charge on any atom is 0.306 e. The Labute approximate surface area is 401 Å². The van der Waals surface area contributed by atoms with Crippen LogP contribution < -0.4 is 14.8 Å². The molecule has 15 atom stereocenters. The molecule has 1 aromatic heterocycles. The lowest BCUT2D eigenvalue weighted by Gasteiger charge is -2.67. The van der Waals surface area contributed by atoms with Crippen molar-refractivity contribution in [1.82, 2.24) is 5.32 Å². The number of aliphatic hydroxyl groups excluding tert-OH is 5. The van der Waals surface area contributed by atoms with Crippen molar-refractivity contribution in [1.29, 1.82) is 0 Å². The van der Waals surface area contributed by atoms with E-state index in [1.165, 1.54) is 17.1 Å². The van der Waals surface area contributed by atoms with E-state index in [1.807, 2.05) is 6.07 Å². The number of carbonyl (C=O) groups is 1. The molecular weight excluding hydrogens is 899 g/mol. The highest BCUT2D eigenvalue weighted by molar-refractivity contribution is 8.77. The summed E-state index contributed by atoms with van der Waals surface area (Å²) in [4.78, 5) is 12.9. The Bertz CT molecular complexity index is 2150. The van der Waals surface area contributed by atoms with Gasteiger partial charge < -0.3 is 64.4 Å². The van der Waals surface area contributed by atoms with Gasteiger partial charge in [-0.05, 0) is 124 Å². The Balaban J connectivity index is 1.14. The van der Waals surface area contributed by atoms with Gasteiger partial charge in [0.15, 0.2) is 16.9 Å². The van der Waals surface area contributed by atoms with Crippen molar-refractivity contribution in [2.45, 2.75) is 181 Å². The van der Waals surface area contributed by atoms with Crippen molar-refractivity contribution in [3.63, 3.8) is 0 Å². The van der Waals surface area contributed by atoms with Crippen LogP contribution in [0.15, 0.2) is 35.0 Å². The zero-order valence-electron chi connectivity index (χ0n) is 39.1. The van der Waals surface area contributed by atoms with Crippen molar-refractivity contribution >= 4 is 38.5 Å². The second-order valence-electron chi connectivity index (χ2n) is 22.0. The molecule has 67 heavy (non-hydrogen) atoms. The van der Waals surface area contributed by atoms with E-state index in [-0.39, 0.29) is 83.9 Å². The summed E-state index contributed by atoms with van der Waals surface area (Å²) in [5.74, 6) is -2.55. The largest absolute Gasteiger partial charge is 0.485 e. The maximum absolute atomic E-state index is 13.5. The molecule has 3 aliphatic heterocycles. The predicted octanol–water partition coefficient (Wildman–Crippen LogP) is 5.72. The van der Waals surface area contributed by atoms with Gasteiger partial charge in [-0.15, -0.1) is 0 Å². The SMILES string of the molecule is CCOC(=O)CCc1cc2ccoc2c2c1OC1OC3(CSSC4(CCC5(CCC6(CCCC6)C5O)C4)C(CCC(C)CCCC3O)NCCO2)C2(O)CC3C=CC(O)C(CO)C3C1(O)C2O. The monoisotopic (exact) mass is 971 g/mol. The summed E-state index contributed by atoms with van der Waals surface area (Å²) >= 11 is 0. The number of furan rings is 1. The summed E-state index contributed by atoms with van der Waals surface area (Å²) in [6.07, 6.45) is 10.6. The summed E-state index contributed by atoms with van der Waals surface area (Å²) in [7, 11) is 3.26. The summed E-state index contributed by atoms with van der Waals surface area (Å²) in [5, 5.41) is 92.3. The lowest BCUT2D eigenvalue weighted by Crippen LogP contribution is -2.86. The van der Waals surface area contributed by atoms with Gasteiger partial charge in [-0.1, -0.05) is 66.3 Å². The maximum atomic E-state index is 13.5. The molecule has 5 aliphatic carbocycles. The van der Waals surface area contributed by atoms with Gasteiger partial charge in [0, 0.05) is 53.3 Å². The minimum Gasteiger partial charge on any atom is -0.485 e. The van der Waals surface area contributed by atoms with Crippen LogP contribution >= 0.6 is 21.6 Å². The number of rotatable bonds is 5. The van der Waals surface area contributed by atoms with Gasteiger partial charge in [0.25, 0.3) is 0 Å². The van der Waals surface area contributed by atoms with Gasteiger partial charge >= 0.3 is 5.97 Å². The first-order chi connectivity index (χ1) is 32.2. The van der Waals surface area contributed by atoms with Crippen LogP contribution in [0.1, 0.15) is 122 Å². The van der Waals surface area contributed by atoms with Gasteiger partial charge in [0.2, 0.25) is 12.0 Å². The molecule has 10 rings (SSSR count). The van der Waals surface area contributed by atoms with E-state index in [0.29, 0.717) is 35.4 Å². The topological polar surface area (TPSA) is 221 Å². The fourth-order valence-corrected chi connectivity index (χ4v) is 18.9. The van der Waals surface area contributed by atoms with Gasteiger partial charge in [0.1, 0.15) is 23.9 Å². The molecule has 372 valence electrons. The molecule has 2 saturated heterocycles. The molecule has 4 saturated carbocycles. The average Bonchev–Trinajstić information content (AvgIpc) is 4.12. The fourth-order valence-electron chi connectivity index (χ4n) is 14.9. The Morgan fingerprint density at radius 1 is 0.940 bits per heavy atom. The summed E-state index contributed by atoms with van der Waals surface area (Å²) in [6.45, 7) is 4.28. The molecule has 15 unspecified atom stereocenters. The van der Waals surface area contributed by atoms with Crippen molar-refractivity contribution in [3.8, 4) is 11.5 Å². The number of ether oxygens (including phenoxy) is 4. The second kappa shape index (κ2) is 18.5. The van der Waals surface area contributed by atoms with E-state index in [9.17, 15) is 40.5 Å². The van der Waals surface area contributed by atoms with E-state index < -0.39 is 71.7 Å². The van der Waals surface area contributed by atoms with Gasteiger partial charge in [0.05, 0.1) is 31.2 Å². The fraction of sp³-hybridized carbons (Fsp3) is 0.784. The summed E-state index contributed by atoms with van der Waals surface area (Å²) in [6, 6.07) is 3.62. The molecular formula is C51H73NO13S2. The van der Waals surface area contributed by atoms with E-state index in [1.54, 1.807) is 35.9 Å². The number of nitrogens with one attached hydrogen (secondary N) is 1. The van der Waals surface area contributed by atoms with Crippen LogP contribution in [-0.2, 0) is 20.7 Å². The molecule has 4 heterocycles. The number of carbonyl (C=O) groups excluding carboxylic acids is 1. The zero-order chi connectivity index (χ0) is 47.0. The molecule has 0 amide bonds. The summed E-state index contributed by atoms with van der Waals surface area (Å²) < 4.78 is 32.1. The Hall–Kier alpha value is -2.09. The number of fused-ring (bicyclic) bond motifs is 11. The molecule has 5 bridgehead atoms. The van der Waals surface area contributed by atoms with Crippen LogP contribution in [0.3, 0.4) is 0 Å². The van der Waals surface area contributed by atoms with Crippen LogP contribution in [0.5, 0.6) is 11.5 Å². The highest BCUT2D eigenvalue weighted by Gasteiger charge is 2.78. The van der Waals surface area contributed by atoms with Gasteiger partial charge in [-0.25, -0.2) is 0 Å². The first-order valence-electron chi connectivity index (χ1n) is 25.3. The number of allylic oxidation sites excluding steroid dienone is 1. The third-order valence-corrected chi connectivity index (χ3v) is 21.8. The minimum absolute atomic E-state index is 0.00761. The summed E-state index contributed by atoms with van der Waals surface area (Å²) in [5.41, 5.74) is -6.05. The number of benzene rings is 1. The Morgan fingerprint density at radius 3 is 2.52 bits per heavy atom. The molecule has 14 nitrogen and oxygen atoms in total. The van der Waals surface area contributed by atoms with Crippen LogP contribution in [0.25, 0.3) is 11.0 Å². The number of hydrogen-bond acceptors (Lipinski definition) is 16. The smallest absolute Gasteiger partial charge is 0.306 e. The molecule has 4 spiro atoms. The quantitative estimate of drug-likeness (QED) is 0.102. The van der Waals surface area contributed by atoms with Crippen molar-refractivity contribution in [3.05, 3.63) is 36.1 Å². The van der Waals surface area contributed by atoms with E-state index in [2.05, 4.69) is 12.2 Å². The van der Waals surface area contributed by atoms with Crippen molar-refractivity contribution < 1.29 is 63.9 Å². The number of aliphatic hydroxyl groups is 7. The van der Waals surface area contributed by atoms with Gasteiger partial charge in [-0.3, -0.25) is 4.79 Å². The normalized spacial score (nSPS) is 44.1. The zero-order valence-corrected chi connectivity index (χ0v) is 40.7. The van der Waals surface area contributed by atoms with Crippen molar-refractivity contribution in [2.24, 2.45) is 34.5 Å². The average molecular weight is 972 g/mol. The van der Waals surface area contributed by atoms with Crippen LogP contribution in [0.4, 0.5) is 0 Å². The lowest BCUT2D eigenvalue weighted by molar-refractivity contribution is -0.424. The van der Waals surface area contributed by atoms with Crippen LogP contribution in [-0.4, -0.2) is 132 Å². The number of esters is 1. The first kappa shape index (κ1) is 48.5. The predicted molar refractivity (Wildman–Crippen MR) is 253 cm³/mol.